The van der Waals surface area contributed by atoms with E-state index in [9.17, 15) is 0 Å². The van der Waals surface area contributed by atoms with Crippen molar-refractivity contribution in [2.24, 2.45) is 5.10 Å². The van der Waals surface area contributed by atoms with Gasteiger partial charge in [-0.2, -0.15) is 5.10 Å². The lowest BCUT2D eigenvalue weighted by atomic mass is 10.2. The number of hydrogen-bond donors (Lipinski definition) is 1. The average Bonchev–Trinajstić information content (AvgIpc) is 3.39. The lowest BCUT2D eigenvalue weighted by molar-refractivity contribution is 0.174. The van der Waals surface area contributed by atoms with Gasteiger partial charge >= 0.3 is 0 Å². The molecule has 1 aliphatic heterocycles. The summed E-state index contributed by atoms with van der Waals surface area (Å²) in [6, 6.07) is 10.9. The highest BCUT2D eigenvalue weighted by Gasteiger charge is 2.17. The zero-order chi connectivity index (χ0) is 19.1. The van der Waals surface area contributed by atoms with Crippen LogP contribution in [0.25, 0.3) is 21.6 Å². The van der Waals surface area contributed by atoms with Gasteiger partial charge in [-0.1, -0.05) is 40.6 Å². The molecule has 9 heteroatoms. The quantitative estimate of drug-likeness (QED) is 0.315. The molecule has 0 amide bonds. The van der Waals surface area contributed by atoms with Crippen LogP contribution in [0.4, 0.5) is 5.13 Å². The molecule has 2 aromatic carbocycles. The first-order valence-electron chi connectivity index (χ1n) is 8.19. The summed E-state index contributed by atoms with van der Waals surface area (Å²) in [7, 11) is 0. The summed E-state index contributed by atoms with van der Waals surface area (Å²) >= 11 is 13.4. The van der Waals surface area contributed by atoms with Gasteiger partial charge in [0.2, 0.25) is 11.9 Å². The van der Waals surface area contributed by atoms with Crippen molar-refractivity contribution in [3.63, 3.8) is 0 Å². The van der Waals surface area contributed by atoms with Crippen LogP contribution in [0.5, 0.6) is 11.5 Å². The number of hydrazone groups is 1. The summed E-state index contributed by atoms with van der Waals surface area (Å²) in [4.78, 5) is 5.20. The molecule has 2 aromatic heterocycles. The van der Waals surface area contributed by atoms with E-state index in [0.717, 1.165) is 27.2 Å². The molecule has 4 aromatic rings. The molecule has 0 atom stereocenters. The molecule has 0 aliphatic carbocycles. The number of thiazole rings is 1. The monoisotopic (exact) mass is 431 g/mol. The molecule has 0 bridgehead atoms. The maximum Gasteiger partial charge on any atom is 0.231 e. The predicted octanol–water partition coefficient (Wildman–Crippen LogP) is 6.04. The van der Waals surface area contributed by atoms with E-state index in [4.69, 9.17) is 37.1 Å². The Balaban J connectivity index is 1.34. The fraction of sp³-hybridized carbons (Fsp3) is 0.0526. The molecule has 0 radical (unpaired) electrons. The van der Waals surface area contributed by atoms with Crippen LogP contribution in [0, 0.1) is 0 Å². The number of furan rings is 1. The maximum absolute atomic E-state index is 6.12. The standard InChI is InChI=1S/C19H11Cl2N3O3S/c20-12-2-1-10(13(21)5-12)7-23-24-19-22-8-18(28-19)17-4-11-3-15-16(26-9-25-15)6-14(11)27-17/h1-8H,9H2,(H,22,24). The van der Waals surface area contributed by atoms with Crippen LogP contribution in [0.1, 0.15) is 5.56 Å². The summed E-state index contributed by atoms with van der Waals surface area (Å²) in [5, 5.41) is 6.85. The van der Waals surface area contributed by atoms with Crippen molar-refractivity contribution in [3.8, 4) is 22.1 Å². The molecule has 140 valence electrons. The van der Waals surface area contributed by atoms with E-state index in [1.165, 1.54) is 11.3 Å². The van der Waals surface area contributed by atoms with Crippen molar-refractivity contribution in [3.05, 3.63) is 58.2 Å². The number of aromatic nitrogens is 1. The van der Waals surface area contributed by atoms with Gasteiger partial charge in [0.1, 0.15) is 11.3 Å². The molecule has 3 heterocycles. The number of fused-ring (bicyclic) bond motifs is 2. The van der Waals surface area contributed by atoms with Gasteiger partial charge in [-0.3, -0.25) is 5.43 Å². The van der Waals surface area contributed by atoms with Crippen molar-refractivity contribution in [1.29, 1.82) is 0 Å². The van der Waals surface area contributed by atoms with E-state index in [0.29, 0.717) is 26.7 Å². The third-order valence-corrected chi connectivity index (χ3v) is 5.57. The molecule has 0 fully saturated rings. The average molecular weight is 432 g/mol. The normalized spacial score (nSPS) is 12.9. The van der Waals surface area contributed by atoms with Crippen LogP contribution in [0.3, 0.4) is 0 Å². The van der Waals surface area contributed by atoms with Gasteiger partial charge in [0.15, 0.2) is 11.5 Å². The van der Waals surface area contributed by atoms with Crippen LogP contribution in [0.2, 0.25) is 10.0 Å². The van der Waals surface area contributed by atoms with Crippen molar-refractivity contribution < 1.29 is 13.9 Å². The van der Waals surface area contributed by atoms with Crippen LogP contribution >= 0.6 is 34.5 Å². The number of hydrogen-bond acceptors (Lipinski definition) is 7. The SMILES string of the molecule is Clc1ccc(C=NNc2ncc(-c3cc4cc5c(cc4o3)OCO5)s2)c(Cl)c1. The minimum Gasteiger partial charge on any atom is -0.455 e. The number of benzene rings is 2. The lowest BCUT2D eigenvalue weighted by Gasteiger charge is -1.98. The van der Waals surface area contributed by atoms with Gasteiger partial charge in [0.25, 0.3) is 0 Å². The fourth-order valence-corrected chi connectivity index (χ4v) is 3.93. The number of nitrogens with one attached hydrogen (secondary N) is 1. The molecule has 0 saturated heterocycles. The first-order chi connectivity index (χ1) is 13.7. The second-order valence-electron chi connectivity index (χ2n) is 5.92. The molecule has 0 spiro atoms. The number of ether oxygens (including phenoxy) is 2. The number of halogens is 2. The van der Waals surface area contributed by atoms with E-state index in [1.54, 1.807) is 30.6 Å². The second-order valence-corrected chi connectivity index (χ2v) is 7.79. The molecule has 5 rings (SSSR count). The van der Waals surface area contributed by atoms with E-state index in [1.807, 2.05) is 18.2 Å². The van der Waals surface area contributed by atoms with Crippen LogP contribution in [0.15, 0.2) is 52.1 Å². The number of nitrogens with zero attached hydrogens (tertiary/aromatic N) is 2. The summed E-state index contributed by atoms with van der Waals surface area (Å²) in [6.07, 6.45) is 3.35. The molecular weight excluding hydrogens is 421 g/mol. The molecule has 6 nitrogen and oxygen atoms in total. The summed E-state index contributed by atoms with van der Waals surface area (Å²) in [6.45, 7) is 0.237. The van der Waals surface area contributed by atoms with Crippen molar-refractivity contribution in [2.75, 3.05) is 12.2 Å². The molecule has 0 unspecified atom stereocenters. The fourth-order valence-electron chi connectivity index (χ4n) is 2.75. The Morgan fingerprint density at radius 1 is 1.11 bits per heavy atom. The highest BCUT2D eigenvalue weighted by atomic mass is 35.5. The van der Waals surface area contributed by atoms with E-state index in [-0.39, 0.29) is 6.79 Å². The molecule has 1 N–H and O–H groups in total. The van der Waals surface area contributed by atoms with Gasteiger partial charge in [0.05, 0.1) is 22.3 Å². The first kappa shape index (κ1) is 17.4. The Bertz CT molecular complexity index is 1180. The Kier molecular flexibility index (Phi) is 4.35. The predicted molar refractivity (Wildman–Crippen MR) is 111 cm³/mol. The summed E-state index contributed by atoms with van der Waals surface area (Å²) in [5.41, 5.74) is 4.39. The van der Waals surface area contributed by atoms with Gasteiger partial charge in [0, 0.05) is 22.0 Å². The van der Waals surface area contributed by atoms with Gasteiger partial charge in [-0.15, -0.1) is 0 Å². The highest BCUT2D eigenvalue weighted by Crippen LogP contribution is 2.40. The summed E-state index contributed by atoms with van der Waals surface area (Å²) in [5.74, 6) is 2.13. The van der Waals surface area contributed by atoms with Gasteiger partial charge < -0.3 is 13.9 Å². The van der Waals surface area contributed by atoms with E-state index >= 15 is 0 Å². The molecule has 28 heavy (non-hydrogen) atoms. The van der Waals surface area contributed by atoms with Crippen LogP contribution < -0.4 is 14.9 Å². The maximum atomic E-state index is 6.12. The Hall–Kier alpha value is -2.74. The van der Waals surface area contributed by atoms with Gasteiger partial charge in [-0.25, -0.2) is 4.98 Å². The zero-order valence-corrected chi connectivity index (χ0v) is 16.4. The highest BCUT2D eigenvalue weighted by molar-refractivity contribution is 7.18. The third kappa shape index (κ3) is 3.28. The molecule has 1 aliphatic rings. The van der Waals surface area contributed by atoms with Crippen molar-refractivity contribution >= 4 is 56.9 Å². The lowest BCUT2D eigenvalue weighted by Crippen LogP contribution is -1.92. The van der Waals surface area contributed by atoms with E-state index in [2.05, 4.69) is 15.5 Å². The second kappa shape index (κ2) is 7.01. The smallest absolute Gasteiger partial charge is 0.231 e. The minimum absolute atomic E-state index is 0.237. The number of anilines is 1. The third-order valence-electron chi connectivity index (χ3n) is 4.09. The molecular formula is C19H11Cl2N3O3S. The van der Waals surface area contributed by atoms with E-state index < -0.39 is 0 Å². The number of rotatable bonds is 4. The molecule has 0 saturated carbocycles. The van der Waals surface area contributed by atoms with Crippen LogP contribution in [-0.4, -0.2) is 18.0 Å². The zero-order valence-electron chi connectivity index (χ0n) is 14.1. The van der Waals surface area contributed by atoms with Crippen molar-refractivity contribution in [1.82, 2.24) is 4.98 Å². The topological polar surface area (TPSA) is 68.9 Å². The summed E-state index contributed by atoms with van der Waals surface area (Å²) < 4.78 is 16.7. The minimum atomic E-state index is 0.237. The first-order valence-corrected chi connectivity index (χ1v) is 9.76. The Morgan fingerprint density at radius 3 is 2.82 bits per heavy atom. The van der Waals surface area contributed by atoms with Gasteiger partial charge in [-0.05, 0) is 24.3 Å². The van der Waals surface area contributed by atoms with Crippen LogP contribution in [-0.2, 0) is 0 Å². The Labute approximate surface area is 173 Å². The largest absolute Gasteiger partial charge is 0.455 e. The Morgan fingerprint density at radius 2 is 1.96 bits per heavy atom. The van der Waals surface area contributed by atoms with Crippen molar-refractivity contribution in [2.45, 2.75) is 0 Å².